The van der Waals surface area contributed by atoms with E-state index in [0.717, 1.165) is 11.5 Å². The molecule has 11 heavy (non-hydrogen) atoms. The monoisotopic (exact) mass is 159 g/mol. The molecule has 0 amide bonds. The van der Waals surface area contributed by atoms with Crippen LogP contribution >= 0.6 is 0 Å². The van der Waals surface area contributed by atoms with Gasteiger partial charge in [0.05, 0.1) is 5.69 Å². The third-order valence-electron chi connectivity index (χ3n) is 1.37. The molecule has 1 heterocycles. The maximum Gasteiger partial charge on any atom is 0.142 e. The Morgan fingerprint density at radius 2 is 2.00 bits per heavy atom. The molecular weight excluding hydrogens is 142 g/mol. The van der Waals surface area contributed by atoms with E-state index in [1.807, 2.05) is 13.0 Å². The van der Waals surface area contributed by atoms with Gasteiger partial charge in [-0.3, -0.25) is 0 Å². The Labute approximate surface area is 68.2 Å². The van der Waals surface area contributed by atoms with Gasteiger partial charge in [0.2, 0.25) is 0 Å². The molecule has 0 atom stereocenters. The van der Waals surface area contributed by atoms with Crippen molar-refractivity contribution in [3.05, 3.63) is 17.5 Å². The fraction of sp³-hybridized carbons (Fsp3) is 0.625. The highest BCUT2D eigenvalue weighted by atomic mass is 16.5. The van der Waals surface area contributed by atoms with Crippen LogP contribution in [0.5, 0.6) is 0 Å². The van der Waals surface area contributed by atoms with Crippen molar-refractivity contribution in [3.63, 3.8) is 0 Å². The van der Waals surface area contributed by atoms with Crippen molar-refractivity contribution in [2.24, 2.45) is 0 Å². The lowest BCUT2D eigenvalue weighted by atomic mass is 9.93. The van der Waals surface area contributed by atoms with Gasteiger partial charge >= 0.3 is 0 Å². The smallest absolute Gasteiger partial charge is 0.142 e. The Hall–Kier alpha value is -0.830. The first-order chi connectivity index (χ1) is 4.50. The number of hydrogen-bond acceptors (Lipinski definition) is 2. The quantitative estimate of drug-likeness (QED) is 0.578. The van der Waals surface area contributed by atoms with Crippen molar-refractivity contribution < 1.29 is 11.4 Å². The minimum absolute atomic E-state index is 0. The predicted molar refractivity (Wildman–Crippen MR) is 45.7 cm³/mol. The molecule has 0 saturated heterocycles. The summed E-state index contributed by atoms with van der Waals surface area (Å²) < 4.78 is 5.08. The summed E-state index contributed by atoms with van der Waals surface area (Å²) in [6.07, 6.45) is 0. The summed E-state index contributed by atoms with van der Waals surface area (Å²) in [7, 11) is 0. The molecule has 66 valence electrons. The van der Waals surface area contributed by atoms with Gasteiger partial charge in [-0.2, -0.15) is 0 Å². The SMILES string of the molecule is Cc1cc(C(C)(C)C)on1.O.[HH]. The van der Waals surface area contributed by atoms with Crippen LogP contribution in [0.3, 0.4) is 0 Å². The Morgan fingerprint density at radius 1 is 1.45 bits per heavy atom. The Kier molecular flexibility index (Phi) is 2.82. The molecule has 0 fully saturated rings. The highest BCUT2D eigenvalue weighted by Crippen LogP contribution is 2.21. The van der Waals surface area contributed by atoms with Gasteiger partial charge in [-0.05, 0) is 6.92 Å². The maximum atomic E-state index is 5.08. The second kappa shape index (κ2) is 3.05. The summed E-state index contributed by atoms with van der Waals surface area (Å²) in [4.78, 5) is 0. The van der Waals surface area contributed by atoms with Gasteiger partial charge in [-0.1, -0.05) is 25.9 Å². The normalized spacial score (nSPS) is 10.9. The van der Waals surface area contributed by atoms with Gasteiger partial charge in [-0.15, -0.1) is 0 Å². The zero-order chi connectivity index (χ0) is 7.78. The fourth-order valence-electron chi connectivity index (χ4n) is 0.717. The summed E-state index contributed by atoms with van der Waals surface area (Å²) in [5.74, 6) is 0.949. The van der Waals surface area contributed by atoms with Gasteiger partial charge in [0.15, 0.2) is 0 Å². The lowest BCUT2D eigenvalue weighted by Crippen LogP contribution is -2.09. The number of aromatic nitrogens is 1. The number of nitrogens with zero attached hydrogens (tertiary/aromatic N) is 1. The fourth-order valence-corrected chi connectivity index (χ4v) is 0.717. The van der Waals surface area contributed by atoms with Crippen LogP contribution in [0.1, 0.15) is 33.7 Å². The van der Waals surface area contributed by atoms with Gasteiger partial charge in [0.1, 0.15) is 5.76 Å². The summed E-state index contributed by atoms with van der Waals surface area (Å²) in [5, 5.41) is 3.81. The van der Waals surface area contributed by atoms with Crippen molar-refractivity contribution in [1.82, 2.24) is 5.16 Å². The standard InChI is InChI=1S/C8H13NO.H2O.H2/c1-6-5-7(10-9-6)8(2,3)4;;/h5H,1-4H3;1H2;1H. The average molecular weight is 159 g/mol. The van der Waals surface area contributed by atoms with E-state index in [2.05, 4.69) is 25.9 Å². The minimum Gasteiger partial charge on any atom is -0.412 e. The van der Waals surface area contributed by atoms with E-state index in [9.17, 15) is 0 Å². The van der Waals surface area contributed by atoms with E-state index in [1.54, 1.807) is 0 Å². The molecule has 0 spiro atoms. The Bertz CT molecular complexity index is 227. The van der Waals surface area contributed by atoms with Crippen LogP contribution in [0.2, 0.25) is 0 Å². The molecule has 3 heteroatoms. The highest BCUT2D eigenvalue weighted by Gasteiger charge is 2.18. The van der Waals surface area contributed by atoms with E-state index >= 15 is 0 Å². The van der Waals surface area contributed by atoms with Crippen LogP contribution in [-0.2, 0) is 5.41 Å². The summed E-state index contributed by atoms with van der Waals surface area (Å²) in [5.41, 5.74) is 1.03. The molecule has 0 bridgehead atoms. The van der Waals surface area contributed by atoms with Crippen LogP contribution in [0.15, 0.2) is 10.6 Å². The van der Waals surface area contributed by atoms with Crippen molar-refractivity contribution in [3.8, 4) is 0 Å². The summed E-state index contributed by atoms with van der Waals surface area (Å²) >= 11 is 0. The lowest BCUT2D eigenvalue weighted by Gasteiger charge is -2.11. The third-order valence-corrected chi connectivity index (χ3v) is 1.37. The molecule has 0 aliphatic rings. The van der Waals surface area contributed by atoms with Crippen molar-refractivity contribution in [1.29, 1.82) is 0 Å². The van der Waals surface area contributed by atoms with E-state index in [1.165, 1.54) is 0 Å². The Morgan fingerprint density at radius 3 is 2.18 bits per heavy atom. The Balaban J connectivity index is 0. The van der Waals surface area contributed by atoms with Crippen LogP contribution in [0.4, 0.5) is 0 Å². The molecule has 1 aromatic rings. The largest absolute Gasteiger partial charge is 0.412 e. The lowest BCUT2D eigenvalue weighted by molar-refractivity contribution is 0.327. The summed E-state index contributed by atoms with van der Waals surface area (Å²) in [6, 6.07) is 1.97. The molecule has 0 saturated carbocycles. The molecule has 3 nitrogen and oxygen atoms in total. The number of rotatable bonds is 0. The van der Waals surface area contributed by atoms with Gasteiger partial charge in [0.25, 0.3) is 0 Å². The second-order valence-corrected chi connectivity index (χ2v) is 3.58. The maximum absolute atomic E-state index is 5.08. The molecule has 0 unspecified atom stereocenters. The van der Waals surface area contributed by atoms with Crippen LogP contribution < -0.4 is 0 Å². The van der Waals surface area contributed by atoms with E-state index in [4.69, 9.17) is 4.52 Å². The van der Waals surface area contributed by atoms with Crippen LogP contribution in [0.25, 0.3) is 0 Å². The first-order valence-corrected chi connectivity index (χ1v) is 3.44. The van der Waals surface area contributed by atoms with Crippen LogP contribution in [-0.4, -0.2) is 10.6 Å². The van der Waals surface area contributed by atoms with E-state index in [-0.39, 0.29) is 12.3 Å². The minimum atomic E-state index is 0. The van der Waals surface area contributed by atoms with E-state index in [0.29, 0.717) is 0 Å². The molecule has 2 N–H and O–H groups in total. The van der Waals surface area contributed by atoms with Gasteiger partial charge in [-0.25, -0.2) is 0 Å². The highest BCUT2D eigenvalue weighted by molar-refractivity contribution is 5.11. The zero-order valence-corrected chi connectivity index (χ0v) is 7.43. The number of hydrogen-bond donors (Lipinski definition) is 0. The molecular formula is C8H17NO2. The van der Waals surface area contributed by atoms with E-state index < -0.39 is 0 Å². The van der Waals surface area contributed by atoms with Crippen molar-refractivity contribution in [2.75, 3.05) is 0 Å². The molecule has 1 rings (SSSR count). The zero-order valence-electron chi connectivity index (χ0n) is 7.43. The van der Waals surface area contributed by atoms with Crippen LogP contribution in [0, 0.1) is 6.92 Å². The molecule has 0 aromatic carbocycles. The first kappa shape index (κ1) is 10.2. The topological polar surface area (TPSA) is 57.5 Å². The molecule has 1 aromatic heterocycles. The van der Waals surface area contributed by atoms with Crippen molar-refractivity contribution >= 4 is 0 Å². The second-order valence-electron chi connectivity index (χ2n) is 3.58. The third kappa shape index (κ3) is 2.35. The van der Waals surface area contributed by atoms with Gasteiger partial charge < -0.3 is 10.00 Å². The molecule has 0 radical (unpaired) electrons. The molecule has 0 aliphatic carbocycles. The van der Waals surface area contributed by atoms with Gasteiger partial charge in [0, 0.05) is 12.9 Å². The molecule has 0 aliphatic heterocycles. The average Bonchev–Trinajstić information content (AvgIpc) is 2.11. The predicted octanol–water partition coefficient (Wildman–Crippen LogP) is 1.70. The summed E-state index contributed by atoms with van der Waals surface area (Å²) in [6.45, 7) is 8.24. The first-order valence-electron chi connectivity index (χ1n) is 3.44. The van der Waals surface area contributed by atoms with Crippen molar-refractivity contribution in [2.45, 2.75) is 33.1 Å². The number of aryl methyl sites for hydroxylation is 1.